The molecule has 4 rings (SSSR count). The molecule has 1 heterocycles. The van der Waals surface area contributed by atoms with Crippen LogP contribution < -0.4 is 10.5 Å². The molecule has 0 aliphatic carbocycles. The summed E-state index contributed by atoms with van der Waals surface area (Å²) in [4.78, 5) is 21.6. The normalized spacial score (nSPS) is 11.4. The van der Waals surface area contributed by atoms with Crippen LogP contribution in [0.5, 0.6) is 0 Å². The van der Waals surface area contributed by atoms with Crippen LogP contribution in [0.1, 0.15) is 10.4 Å². The Kier molecular flexibility index (Phi) is 6.56. The number of halogens is 1. The highest BCUT2D eigenvalue weighted by Gasteiger charge is 2.13. The number of nitrogens with one attached hydrogen (secondary N) is 1. The molecule has 0 saturated carbocycles. The number of thioether (sulfide) groups is 1. The maximum atomic E-state index is 12.5. The van der Waals surface area contributed by atoms with Gasteiger partial charge >= 0.3 is 0 Å². The molecule has 0 aliphatic rings. The van der Waals surface area contributed by atoms with E-state index in [4.69, 9.17) is 5.14 Å². The van der Waals surface area contributed by atoms with E-state index in [9.17, 15) is 13.2 Å². The van der Waals surface area contributed by atoms with Gasteiger partial charge in [0.05, 0.1) is 16.2 Å². The van der Waals surface area contributed by atoms with Gasteiger partial charge in [-0.05, 0) is 42.5 Å². The molecule has 0 amide bonds. The van der Waals surface area contributed by atoms with Crippen LogP contribution in [0.4, 0.5) is 11.5 Å². The number of nitrogens with two attached hydrogens (primary N) is 1. The minimum atomic E-state index is -3.83. The van der Waals surface area contributed by atoms with Crippen molar-refractivity contribution in [3.8, 4) is 0 Å². The smallest absolute Gasteiger partial charge is 0.238 e. The number of hydrogen-bond donors (Lipinski definition) is 2. The molecule has 10 heteroatoms. The summed E-state index contributed by atoms with van der Waals surface area (Å²) in [6.07, 6.45) is 0. The summed E-state index contributed by atoms with van der Waals surface area (Å²) in [5.74, 6) is 0.649. The molecule has 0 aliphatic heterocycles. The largest absolute Gasteiger partial charge is 0.340 e. The molecular weight excluding hydrogens is 512 g/mol. The third-order valence-electron chi connectivity index (χ3n) is 4.51. The summed E-state index contributed by atoms with van der Waals surface area (Å²) in [6, 6.07) is 20.8. The third kappa shape index (κ3) is 5.33. The van der Waals surface area contributed by atoms with Crippen LogP contribution in [0, 0.1) is 0 Å². The lowest BCUT2D eigenvalue weighted by Gasteiger charge is -2.11. The Hall–Kier alpha value is -2.79. The summed E-state index contributed by atoms with van der Waals surface area (Å²) < 4.78 is 24.3. The van der Waals surface area contributed by atoms with Crippen molar-refractivity contribution >= 4 is 65.9 Å². The molecule has 1 aromatic heterocycles. The molecule has 0 atom stereocenters. The van der Waals surface area contributed by atoms with Gasteiger partial charge in [-0.15, -0.1) is 0 Å². The number of aromatic nitrogens is 2. The van der Waals surface area contributed by atoms with E-state index in [1.807, 2.05) is 36.4 Å². The van der Waals surface area contributed by atoms with E-state index in [-0.39, 0.29) is 16.4 Å². The van der Waals surface area contributed by atoms with Crippen molar-refractivity contribution in [3.05, 3.63) is 82.8 Å². The van der Waals surface area contributed by atoms with Crippen molar-refractivity contribution in [1.29, 1.82) is 0 Å². The van der Waals surface area contributed by atoms with E-state index < -0.39 is 10.0 Å². The Morgan fingerprint density at radius 1 is 1.00 bits per heavy atom. The standard InChI is InChI=1S/C22H17BrN4O3S2/c23-15-10-8-14(9-11-15)20(28)13-31-22-26-19-7-2-1-6-18(19)21(27-22)25-16-4-3-5-17(12-16)32(24,29)30/h1-12H,13H2,(H2,24,29,30)(H,25,26,27). The predicted octanol–water partition coefficient (Wildman–Crippen LogP) is 4.76. The van der Waals surface area contributed by atoms with Crippen molar-refractivity contribution in [2.75, 3.05) is 11.1 Å². The highest BCUT2D eigenvalue weighted by Crippen LogP contribution is 2.28. The number of benzene rings is 3. The third-order valence-corrected chi connectivity index (χ3v) is 6.79. The van der Waals surface area contributed by atoms with E-state index >= 15 is 0 Å². The number of sulfonamides is 1. The predicted molar refractivity (Wildman–Crippen MR) is 130 cm³/mol. The van der Waals surface area contributed by atoms with Gasteiger partial charge in [-0.3, -0.25) is 4.79 Å². The lowest BCUT2D eigenvalue weighted by atomic mass is 10.2. The fourth-order valence-electron chi connectivity index (χ4n) is 2.95. The maximum Gasteiger partial charge on any atom is 0.238 e. The molecule has 162 valence electrons. The molecule has 0 radical (unpaired) electrons. The Bertz CT molecular complexity index is 1410. The van der Waals surface area contributed by atoms with E-state index in [1.54, 1.807) is 24.3 Å². The van der Waals surface area contributed by atoms with Crippen LogP contribution in [-0.4, -0.2) is 29.9 Å². The molecule has 3 aromatic carbocycles. The first kappa shape index (κ1) is 22.4. The van der Waals surface area contributed by atoms with Gasteiger partial charge in [0.1, 0.15) is 5.82 Å². The zero-order valence-corrected chi connectivity index (χ0v) is 19.7. The minimum Gasteiger partial charge on any atom is -0.340 e. The van der Waals surface area contributed by atoms with E-state index in [2.05, 4.69) is 31.2 Å². The number of rotatable bonds is 7. The monoisotopic (exact) mass is 528 g/mol. The average Bonchev–Trinajstić information content (AvgIpc) is 2.77. The van der Waals surface area contributed by atoms with E-state index in [0.717, 1.165) is 9.86 Å². The van der Waals surface area contributed by atoms with Crippen molar-refractivity contribution < 1.29 is 13.2 Å². The second kappa shape index (κ2) is 9.37. The first-order valence-corrected chi connectivity index (χ1v) is 12.7. The summed E-state index contributed by atoms with van der Waals surface area (Å²) in [6.45, 7) is 0. The van der Waals surface area contributed by atoms with Crippen LogP contribution >= 0.6 is 27.7 Å². The van der Waals surface area contributed by atoms with Crippen LogP contribution in [0.25, 0.3) is 10.9 Å². The average molecular weight is 529 g/mol. The summed E-state index contributed by atoms with van der Waals surface area (Å²) in [5, 5.41) is 9.58. The number of primary sulfonamides is 1. The zero-order valence-electron chi connectivity index (χ0n) is 16.5. The van der Waals surface area contributed by atoms with Crippen LogP contribution in [0.15, 0.2) is 87.3 Å². The van der Waals surface area contributed by atoms with Crippen LogP contribution in [-0.2, 0) is 10.0 Å². The lowest BCUT2D eigenvalue weighted by molar-refractivity contribution is 0.102. The molecule has 3 N–H and O–H groups in total. The van der Waals surface area contributed by atoms with Crippen molar-refractivity contribution in [3.63, 3.8) is 0 Å². The van der Waals surface area contributed by atoms with Gasteiger partial charge in [-0.25, -0.2) is 23.5 Å². The lowest BCUT2D eigenvalue weighted by Crippen LogP contribution is -2.12. The van der Waals surface area contributed by atoms with Crippen molar-refractivity contribution in [2.45, 2.75) is 10.1 Å². The SMILES string of the molecule is NS(=O)(=O)c1cccc(Nc2nc(SCC(=O)c3ccc(Br)cc3)nc3ccccc23)c1. The number of fused-ring (bicyclic) bond motifs is 1. The second-order valence-corrected chi connectivity index (χ2v) is 10.2. The first-order chi connectivity index (χ1) is 15.3. The van der Waals surface area contributed by atoms with E-state index in [0.29, 0.717) is 27.7 Å². The van der Waals surface area contributed by atoms with Crippen LogP contribution in [0.2, 0.25) is 0 Å². The van der Waals surface area contributed by atoms with Crippen LogP contribution in [0.3, 0.4) is 0 Å². The summed E-state index contributed by atoms with van der Waals surface area (Å²) >= 11 is 4.59. The number of carbonyl (C=O) groups excluding carboxylic acids is 1. The zero-order chi connectivity index (χ0) is 22.7. The van der Waals surface area contributed by atoms with Gasteiger partial charge < -0.3 is 5.32 Å². The molecule has 0 fully saturated rings. The van der Waals surface area contributed by atoms with Gasteiger partial charge in [-0.1, -0.05) is 58.0 Å². The quantitative estimate of drug-likeness (QED) is 0.202. The second-order valence-electron chi connectivity index (χ2n) is 6.79. The molecular formula is C22H17BrN4O3S2. The Balaban J connectivity index is 1.62. The van der Waals surface area contributed by atoms with Gasteiger partial charge in [0.15, 0.2) is 10.9 Å². The molecule has 0 bridgehead atoms. The maximum absolute atomic E-state index is 12.5. The van der Waals surface area contributed by atoms with Gasteiger partial charge in [-0.2, -0.15) is 0 Å². The summed E-state index contributed by atoms with van der Waals surface area (Å²) in [5.41, 5.74) is 1.83. The number of Topliss-reactive ketones (excluding diaryl/α,β-unsaturated/α-hetero) is 1. The molecule has 0 spiro atoms. The van der Waals surface area contributed by atoms with Crippen molar-refractivity contribution in [2.24, 2.45) is 5.14 Å². The number of carbonyl (C=O) groups is 1. The fourth-order valence-corrected chi connectivity index (χ4v) is 4.52. The van der Waals surface area contributed by atoms with Gasteiger partial charge in [0, 0.05) is 21.1 Å². The number of ketones is 1. The highest BCUT2D eigenvalue weighted by atomic mass is 79.9. The number of hydrogen-bond acceptors (Lipinski definition) is 7. The highest BCUT2D eigenvalue weighted by molar-refractivity contribution is 9.10. The number of anilines is 2. The number of para-hydroxylation sites is 1. The minimum absolute atomic E-state index is 0.00412. The van der Waals surface area contributed by atoms with Gasteiger partial charge in [0.25, 0.3) is 0 Å². The number of nitrogens with zero attached hydrogens (tertiary/aromatic N) is 2. The Morgan fingerprint density at radius 3 is 2.50 bits per heavy atom. The van der Waals surface area contributed by atoms with Crippen molar-refractivity contribution in [1.82, 2.24) is 9.97 Å². The molecule has 0 unspecified atom stereocenters. The summed E-state index contributed by atoms with van der Waals surface area (Å²) in [7, 11) is -3.83. The topological polar surface area (TPSA) is 115 Å². The molecule has 32 heavy (non-hydrogen) atoms. The Morgan fingerprint density at radius 2 is 1.75 bits per heavy atom. The first-order valence-electron chi connectivity index (χ1n) is 9.38. The fraction of sp³-hybridized carbons (Fsp3) is 0.0455. The van der Waals surface area contributed by atoms with E-state index in [1.165, 1.54) is 23.9 Å². The molecule has 4 aromatic rings. The van der Waals surface area contributed by atoms with Gasteiger partial charge in [0.2, 0.25) is 10.0 Å². The molecule has 7 nitrogen and oxygen atoms in total. The Labute approximate surface area is 197 Å². The molecule has 0 saturated heterocycles.